The molecule has 1 atom stereocenters. The second-order valence-corrected chi connectivity index (χ2v) is 6.89. The van der Waals surface area contributed by atoms with Gasteiger partial charge in [0.25, 0.3) is 5.91 Å². The highest BCUT2D eigenvalue weighted by Gasteiger charge is 2.13. The summed E-state index contributed by atoms with van der Waals surface area (Å²) in [6.45, 7) is 8.15. The van der Waals surface area contributed by atoms with E-state index < -0.39 is 0 Å². The molecule has 0 bridgehead atoms. The zero-order valence-corrected chi connectivity index (χ0v) is 16.2. The summed E-state index contributed by atoms with van der Waals surface area (Å²) >= 11 is 3.53. The molecule has 1 N–H and O–H groups in total. The lowest BCUT2D eigenvalue weighted by atomic mass is 10.0. The molecule has 0 radical (unpaired) electrons. The first-order chi connectivity index (χ1) is 11.4. The molecule has 0 aromatic heterocycles. The molecular formula is C20H24BrNO2. The SMILES string of the molecule is CC[C@H](NC(=O)COc1cc(C)c(Br)c(C)c1)c1ccc(C)cc1. The first kappa shape index (κ1) is 18.5. The second kappa shape index (κ2) is 8.34. The number of rotatable bonds is 6. The maximum atomic E-state index is 12.2. The van der Waals surface area contributed by atoms with Crippen molar-refractivity contribution in [1.82, 2.24) is 5.32 Å². The number of halogens is 1. The number of benzene rings is 2. The number of hydrogen-bond acceptors (Lipinski definition) is 2. The monoisotopic (exact) mass is 389 g/mol. The number of aryl methyl sites for hydroxylation is 3. The quantitative estimate of drug-likeness (QED) is 0.752. The molecule has 128 valence electrons. The fourth-order valence-electron chi connectivity index (χ4n) is 2.59. The van der Waals surface area contributed by atoms with Crippen LogP contribution in [0.15, 0.2) is 40.9 Å². The number of nitrogens with one attached hydrogen (secondary N) is 1. The van der Waals surface area contributed by atoms with Crippen molar-refractivity contribution in [2.24, 2.45) is 0 Å². The summed E-state index contributed by atoms with van der Waals surface area (Å²) in [5.41, 5.74) is 4.52. The molecule has 24 heavy (non-hydrogen) atoms. The number of carbonyl (C=O) groups is 1. The molecule has 0 aliphatic rings. The van der Waals surface area contributed by atoms with Gasteiger partial charge >= 0.3 is 0 Å². The van der Waals surface area contributed by atoms with Crippen molar-refractivity contribution in [1.29, 1.82) is 0 Å². The third-order valence-corrected chi connectivity index (χ3v) is 5.25. The minimum absolute atomic E-state index is 0.00934. The minimum atomic E-state index is -0.111. The maximum absolute atomic E-state index is 12.2. The van der Waals surface area contributed by atoms with Gasteiger partial charge in [-0.2, -0.15) is 0 Å². The average Bonchev–Trinajstić information content (AvgIpc) is 2.56. The van der Waals surface area contributed by atoms with Crippen LogP contribution in [-0.2, 0) is 4.79 Å². The highest BCUT2D eigenvalue weighted by atomic mass is 79.9. The van der Waals surface area contributed by atoms with Crippen LogP contribution in [0, 0.1) is 20.8 Å². The Hall–Kier alpha value is -1.81. The zero-order valence-electron chi connectivity index (χ0n) is 14.7. The normalized spacial score (nSPS) is 11.9. The highest BCUT2D eigenvalue weighted by molar-refractivity contribution is 9.10. The summed E-state index contributed by atoms with van der Waals surface area (Å²) in [4.78, 5) is 12.2. The molecule has 0 saturated carbocycles. The maximum Gasteiger partial charge on any atom is 0.258 e. The number of hydrogen-bond donors (Lipinski definition) is 1. The van der Waals surface area contributed by atoms with Crippen LogP contribution in [0.3, 0.4) is 0 Å². The molecule has 0 unspecified atom stereocenters. The lowest BCUT2D eigenvalue weighted by Gasteiger charge is -2.18. The summed E-state index contributed by atoms with van der Waals surface area (Å²) in [5, 5.41) is 3.04. The molecule has 0 saturated heterocycles. The van der Waals surface area contributed by atoms with Crippen LogP contribution in [0.5, 0.6) is 5.75 Å². The van der Waals surface area contributed by atoms with Gasteiger partial charge in [-0.3, -0.25) is 4.79 Å². The van der Waals surface area contributed by atoms with Crippen molar-refractivity contribution in [2.75, 3.05) is 6.61 Å². The Morgan fingerprint density at radius 1 is 1.12 bits per heavy atom. The molecule has 0 aliphatic carbocycles. The van der Waals surface area contributed by atoms with Crippen LogP contribution in [-0.4, -0.2) is 12.5 Å². The average molecular weight is 390 g/mol. The summed E-state index contributed by atoms with van der Waals surface area (Å²) in [6.07, 6.45) is 0.839. The van der Waals surface area contributed by atoms with Crippen molar-refractivity contribution in [3.63, 3.8) is 0 Å². The Morgan fingerprint density at radius 2 is 1.71 bits per heavy atom. The Labute approximate surface area is 152 Å². The van der Waals surface area contributed by atoms with Gasteiger partial charge in [-0.05, 0) is 56.0 Å². The van der Waals surface area contributed by atoms with Crippen LogP contribution in [0.2, 0.25) is 0 Å². The molecule has 4 heteroatoms. The van der Waals surface area contributed by atoms with Gasteiger partial charge in [0.1, 0.15) is 5.75 Å². The standard InChI is InChI=1S/C20H24BrNO2/c1-5-18(16-8-6-13(2)7-9-16)22-19(23)12-24-17-10-14(3)20(21)15(4)11-17/h6-11,18H,5,12H2,1-4H3,(H,22,23)/t18-/m0/s1. The first-order valence-electron chi connectivity index (χ1n) is 8.16. The summed E-state index contributed by atoms with van der Waals surface area (Å²) in [7, 11) is 0. The Bertz CT molecular complexity index is 687. The van der Waals surface area contributed by atoms with Crippen molar-refractivity contribution in [3.05, 3.63) is 63.1 Å². The molecule has 0 aliphatic heterocycles. The molecule has 0 spiro atoms. The highest BCUT2D eigenvalue weighted by Crippen LogP contribution is 2.26. The molecule has 0 fully saturated rings. The predicted octanol–water partition coefficient (Wildman–Crippen LogP) is 5.02. The van der Waals surface area contributed by atoms with Gasteiger partial charge in [0.15, 0.2) is 6.61 Å². The summed E-state index contributed by atoms with van der Waals surface area (Å²) in [5.74, 6) is 0.604. The van der Waals surface area contributed by atoms with Gasteiger partial charge in [-0.1, -0.05) is 52.7 Å². The number of carbonyl (C=O) groups excluding carboxylic acids is 1. The fraction of sp³-hybridized carbons (Fsp3) is 0.350. The topological polar surface area (TPSA) is 38.3 Å². The zero-order chi connectivity index (χ0) is 17.7. The molecular weight excluding hydrogens is 366 g/mol. The molecule has 1 amide bonds. The molecule has 2 aromatic carbocycles. The Morgan fingerprint density at radius 3 is 2.25 bits per heavy atom. The van der Waals surface area contributed by atoms with Crippen LogP contribution in [0.25, 0.3) is 0 Å². The van der Waals surface area contributed by atoms with Gasteiger partial charge < -0.3 is 10.1 Å². The molecule has 2 aromatic rings. The Balaban J connectivity index is 1.96. The third-order valence-electron chi connectivity index (χ3n) is 4.00. The van der Waals surface area contributed by atoms with Gasteiger partial charge in [0, 0.05) is 4.47 Å². The predicted molar refractivity (Wildman–Crippen MR) is 101 cm³/mol. The van der Waals surface area contributed by atoms with Gasteiger partial charge in [0.2, 0.25) is 0 Å². The van der Waals surface area contributed by atoms with E-state index in [2.05, 4.69) is 59.4 Å². The lowest BCUT2D eigenvalue weighted by molar-refractivity contribution is -0.123. The van der Waals surface area contributed by atoms with E-state index in [1.54, 1.807) is 0 Å². The second-order valence-electron chi connectivity index (χ2n) is 6.10. The van der Waals surface area contributed by atoms with E-state index in [0.29, 0.717) is 5.75 Å². The van der Waals surface area contributed by atoms with Crippen molar-refractivity contribution >= 4 is 21.8 Å². The van der Waals surface area contributed by atoms with Gasteiger partial charge in [0.05, 0.1) is 6.04 Å². The van der Waals surface area contributed by atoms with Crippen molar-refractivity contribution in [2.45, 2.75) is 40.2 Å². The van der Waals surface area contributed by atoms with Crippen LogP contribution >= 0.6 is 15.9 Å². The summed E-state index contributed by atoms with van der Waals surface area (Å²) < 4.78 is 6.73. The van der Waals surface area contributed by atoms with E-state index in [1.165, 1.54) is 5.56 Å². The largest absolute Gasteiger partial charge is 0.484 e. The molecule has 3 nitrogen and oxygen atoms in total. The Kier molecular flexibility index (Phi) is 6.44. The fourth-order valence-corrected chi connectivity index (χ4v) is 2.82. The van der Waals surface area contributed by atoms with E-state index in [4.69, 9.17) is 4.74 Å². The van der Waals surface area contributed by atoms with Crippen LogP contribution < -0.4 is 10.1 Å². The van der Waals surface area contributed by atoms with E-state index in [-0.39, 0.29) is 18.6 Å². The van der Waals surface area contributed by atoms with Crippen molar-refractivity contribution < 1.29 is 9.53 Å². The molecule has 0 heterocycles. The third kappa shape index (κ3) is 4.84. The van der Waals surface area contributed by atoms with E-state index in [0.717, 1.165) is 27.6 Å². The minimum Gasteiger partial charge on any atom is -0.484 e. The first-order valence-corrected chi connectivity index (χ1v) is 8.95. The van der Waals surface area contributed by atoms with Gasteiger partial charge in [-0.25, -0.2) is 0 Å². The van der Waals surface area contributed by atoms with E-state index in [9.17, 15) is 4.79 Å². The smallest absolute Gasteiger partial charge is 0.258 e. The van der Waals surface area contributed by atoms with E-state index >= 15 is 0 Å². The number of ether oxygens (including phenoxy) is 1. The van der Waals surface area contributed by atoms with Crippen LogP contribution in [0.4, 0.5) is 0 Å². The van der Waals surface area contributed by atoms with Crippen molar-refractivity contribution in [3.8, 4) is 5.75 Å². The van der Waals surface area contributed by atoms with E-state index in [1.807, 2.05) is 26.0 Å². The molecule has 2 rings (SSSR count). The lowest BCUT2D eigenvalue weighted by Crippen LogP contribution is -2.32. The van der Waals surface area contributed by atoms with Gasteiger partial charge in [-0.15, -0.1) is 0 Å². The van der Waals surface area contributed by atoms with Crippen LogP contribution in [0.1, 0.15) is 41.6 Å². The summed E-state index contributed by atoms with van der Waals surface area (Å²) in [6, 6.07) is 12.1. The number of amides is 1.